The molecule has 0 aliphatic rings. The number of anilines is 1. The topological polar surface area (TPSA) is 95.5 Å². The quantitative estimate of drug-likeness (QED) is 0.708. The summed E-state index contributed by atoms with van der Waals surface area (Å²) in [7, 11) is -4.00. The molecule has 1 amide bonds. The number of carbonyl (C=O) groups is 1. The standard InChI is InChI=1S/C10H13FN2O4S/c1-7(15)13-8-2-3-10(9(11)6-8)18(16,17)12-4-5-14/h2-3,6,12,14H,4-5H2,1H3,(H,13,15). The molecule has 0 fully saturated rings. The van der Waals surface area contributed by atoms with E-state index in [4.69, 9.17) is 5.11 Å². The number of sulfonamides is 1. The van der Waals surface area contributed by atoms with Gasteiger partial charge in [0.05, 0.1) is 6.61 Å². The maximum Gasteiger partial charge on any atom is 0.243 e. The van der Waals surface area contributed by atoms with Crippen LogP contribution < -0.4 is 10.0 Å². The molecule has 0 aliphatic heterocycles. The van der Waals surface area contributed by atoms with E-state index in [9.17, 15) is 17.6 Å². The molecule has 0 heterocycles. The molecule has 0 saturated carbocycles. The summed E-state index contributed by atoms with van der Waals surface area (Å²) in [5.74, 6) is -1.37. The summed E-state index contributed by atoms with van der Waals surface area (Å²) in [4.78, 5) is 10.2. The molecular formula is C10H13FN2O4S. The molecular weight excluding hydrogens is 263 g/mol. The summed E-state index contributed by atoms with van der Waals surface area (Å²) in [5, 5.41) is 10.9. The van der Waals surface area contributed by atoms with Crippen molar-refractivity contribution in [1.82, 2.24) is 4.72 Å². The van der Waals surface area contributed by atoms with Crippen molar-refractivity contribution in [2.24, 2.45) is 0 Å². The third-order valence-corrected chi connectivity index (χ3v) is 3.44. The molecule has 0 aromatic heterocycles. The summed E-state index contributed by atoms with van der Waals surface area (Å²) in [6.07, 6.45) is 0. The second-order valence-corrected chi connectivity index (χ2v) is 5.18. The zero-order valence-electron chi connectivity index (χ0n) is 9.60. The van der Waals surface area contributed by atoms with Gasteiger partial charge in [-0.2, -0.15) is 0 Å². The average Bonchev–Trinajstić information content (AvgIpc) is 2.25. The van der Waals surface area contributed by atoms with Crippen molar-refractivity contribution in [2.45, 2.75) is 11.8 Å². The highest BCUT2D eigenvalue weighted by Crippen LogP contribution is 2.18. The molecule has 0 atom stereocenters. The van der Waals surface area contributed by atoms with Crippen LogP contribution in [0.4, 0.5) is 10.1 Å². The van der Waals surface area contributed by atoms with Gasteiger partial charge in [0, 0.05) is 19.2 Å². The van der Waals surface area contributed by atoms with Crippen LogP contribution in [0.25, 0.3) is 0 Å². The van der Waals surface area contributed by atoms with E-state index in [0.29, 0.717) is 0 Å². The maximum absolute atomic E-state index is 13.6. The van der Waals surface area contributed by atoms with E-state index in [-0.39, 0.29) is 24.7 Å². The van der Waals surface area contributed by atoms with Crippen LogP contribution in [-0.4, -0.2) is 32.6 Å². The highest BCUT2D eigenvalue weighted by Gasteiger charge is 2.18. The molecule has 8 heteroatoms. The lowest BCUT2D eigenvalue weighted by atomic mass is 10.3. The van der Waals surface area contributed by atoms with Gasteiger partial charge in [-0.05, 0) is 18.2 Å². The van der Waals surface area contributed by atoms with Crippen LogP contribution in [0.5, 0.6) is 0 Å². The van der Waals surface area contributed by atoms with Crippen molar-refractivity contribution in [3.63, 3.8) is 0 Å². The van der Waals surface area contributed by atoms with Crippen molar-refractivity contribution in [1.29, 1.82) is 0 Å². The first kappa shape index (κ1) is 14.6. The molecule has 1 aromatic rings. The predicted molar refractivity (Wildman–Crippen MR) is 63.0 cm³/mol. The Bertz CT molecular complexity index is 545. The van der Waals surface area contributed by atoms with Gasteiger partial charge in [-0.25, -0.2) is 17.5 Å². The lowest BCUT2D eigenvalue weighted by Crippen LogP contribution is -2.27. The Hall–Kier alpha value is -1.51. The summed E-state index contributed by atoms with van der Waals surface area (Å²) in [6, 6.07) is 3.23. The Morgan fingerprint density at radius 3 is 2.61 bits per heavy atom. The number of amides is 1. The number of aliphatic hydroxyl groups excluding tert-OH is 1. The number of aliphatic hydroxyl groups is 1. The van der Waals surface area contributed by atoms with Crippen LogP contribution in [0.1, 0.15) is 6.92 Å². The first-order valence-electron chi connectivity index (χ1n) is 5.04. The van der Waals surface area contributed by atoms with Gasteiger partial charge in [-0.1, -0.05) is 0 Å². The largest absolute Gasteiger partial charge is 0.395 e. The van der Waals surface area contributed by atoms with Crippen LogP contribution in [0, 0.1) is 5.82 Å². The average molecular weight is 276 g/mol. The second-order valence-electron chi connectivity index (χ2n) is 3.45. The van der Waals surface area contributed by atoms with Crippen molar-refractivity contribution in [3.8, 4) is 0 Å². The van der Waals surface area contributed by atoms with Gasteiger partial charge in [0.15, 0.2) is 0 Å². The lowest BCUT2D eigenvalue weighted by Gasteiger charge is -2.08. The molecule has 0 spiro atoms. The van der Waals surface area contributed by atoms with E-state index in [1.807, 2.05) is 4.72 Å². The fourth-order valence-corrected chi connectivity index (χ4v) is 2.34. The third kappa shape index (κ3) is 3.76. The second kappa shape index (κ2) is 5.89. The van der Waals surface area contributed by atoms with Gasteiger partial charge in [-0.3, -0.25) is 4.79 Å². The van der Waals surface area contributed by atoms with Gasteiger partial charge in [-0.15, -0.1) is 0 Å². The van der Waals surface area contributed by atoms with E-state index in [0.717, 1.165) is 12.1 Å². The van der Waals surface area contributed by atoms with E-state index >= 15 is 0 Å². The van der Waals surface area contributed by atoms with E-state index in [2.05, 4.69) is 5.32 Å². The molecule has 100 valence electrons. The molecule has 1 aromatic carbocycles. The third-order valence-electron chi connectivity index (χ3n) is 1.95. The molecule has 18 heavy (non-hydrogen) atoms. The molecule has 3 N–H and O–H groups in total. The predicted octanol–water partition coefficient (Wildman–Crippen LogP) is 0.0547. The zero-order chi connectivity index (χ0) is 13.8. The molecule has 0 radical (unpaired) electrons. The maximum atomic E-state index is 13.6. The van der Waals surface area contributed by atoms with Gasteiger partial charge >= 0.3 is 0 Å². The van der Waals surface area contributed by atoms with Crippen LogP contribution >= 0.6 is 0 Å². The minimum atomic E-state index is -4.00. The van der Waals surface area contributed by atoms with Gasteiger partial charge in [0.2, 0.25) is 15.9 Å². The van der Waals surface area contributed by atoms with E-state index in [1.165, 1.54) is 13.0 Å². The molecule has 0 saturated heterocycles. The molecule has 1 rings (SSSR count). The van der Waals surface area contributed by atoms with Crippen molar-refractivity contribution < 1.29 is 22.7 Å². The first-order valence-corrected chi connectivity index (χ1v) is 6.53. The molecule has 0 bridgehead atoms. The van der Waals surface area contributed by atoms with Gasteiger partial charge in [0.1, 0.15) is 10.7 Å². The Balaban J connectivity index is 3.02. The minimum Gasteiger partial charge on any atom is -0.395 e. The van der Waals surface area contributed by atoms with E-state index in [1.54, 1.807) is 0 Å². The van der Waals surface area contributed by atoms with Crippen molar-refractivity contribution in [3.05, 3.63) is 24.0 Å². The number of carbonyl (C=O) groups excluding carboxylic acids is 1. The number of nitrogens with one attached hydrogen (secondary N) is 2. The summed E-state index contributed by atoms with van der Waals surface area (Å²) in [5.41, 5.74) is 0.168. The number of rotatable bonds is 5. The highest BCUT2D eigenvalue weighted by atomic mass is 32.2. The summed E-state index contributed by atoms with van der Waals surface area (Å²) < 4.78 is 38.8. The van der Waals surface area contributed by atoms with Gasteiger partial charge < -0.3 is 10.4 Å². The highest BCUT2D eigenvalue weighted by molar-refractivity contribution is 7.89. The van der Waals surface area contributed by atoms with Crippen LogP contribution in [-0.2, 0) is 14.8 Å². The number of hydrogen-bond donors (Lipinski definition) is 3. The fraction of sp³-hybridized carbons (Fsp3) is 0.300. The van der Waals surface area contributed by atoms with Gasteiger partial charge in [0.25, 0.3) is 0 Å². The fourth-order valence-electron chi connectivity index (χ4n) is 1.26. The summed E-state index contributed by atoms with van der Waals surface area (Å²) in [6.45, 7) is 0.672. The number of hydrogen-bond acceptors (Lipinski definition) is 4. The Labute approximate surface area is 104 Å². The Morgan fingerprint density at radius 1 is 1.44 bits per heavy atom. The van der Waals surface area contributed by atoms with Crippen molar-refractivity contribution >= 4 is 21.6 Å². The van der Waals surface area contributed by atoms with Crippen LogP contribution in [0.2, 0.25) is 0 Å². The SMILES string of the molecule is CC(=O)Nc1ccc(S(=O)(=O)NCCO)c(F)c1. The molecule has 6 nitrogen and oxygen atoms in total. The van der Waals surface area contributed by atoms with Crippen molar-refractivity contribution in [2.75, 3.05) is 18.5 Å². The Kier molecular flexibility index (Phi) is 4.76. The first-order chi connectivity index (χ1) is 8.36. The zero-order valence-corrected chi connectivity index (χ0v) is 10.4. The molecule has 0 aliphatic carbocycles. The lowest BCUT2D eigenvalue weighted by molar-refractivity contribution is -0.114. The number of benzene rings is 1. The van der Waals surface area contributed by atoms with Crippen LogP contribution in [0.15, 0.2) is 23.1 Å². The van der Waals surface area contributed by atoms with Crippen LogP contribution in [0.3, 0.4) is 0 Å². The monoisotopic (exact) mass is 276 g/mol. The minimum absolute atomic E-state index is 0.168. The number of halogens is 1. The smallest absolute Gasteiger partial charge is 0.243 e. The summed E-state index contributed by atoms with van der Waals surface area (Å²) >= 11 is 0. The van der Waals surface area contributed by atoms with E-state index < -0.39 is 20.7 Å². The Morgan fingerprint density at radius 2 is 2.11 bits per heavy atom. The normalized spacial score (nSPS) is 11.3. The molecule has 0 unspecified atom stereocenters.